The van der Waals surface area contributed by atoms with Crippen LogP contribution in [0, 0.1) is 50.2 Å². The SMILES string of the molecule is CC1(C)CC[C@]2(C(=O)O)CC[C@@]3(CO)C(=CC[C@@H]4[C@]5(C)C[C@H](O)[C@H](O[C@H]6O[C@H](CO)[C@@H](O)[C@@H](O)[C@H]6O)[C@@](C)(C(=O)O)[C@@H]5CC[C@@]43C)[C@@H]2C1. The first-order valence-electron chi connectivity index (χ1n) is 17.7. The minimum Gasteiger partial charge on any atom is -0.481 e. The molecule has 0 amide bonds. The van der Waals surface area contributed by atoms with Gasteiger partial charge in [-0.25, -0.2) is 0 Å². The molecule has 6 rings (SSSR count). The second-order valence-electron chi connectivity index (χ2n) is 17.7. The van der Waals surface area contributed by atoms with Gasteiger partial charge in [0.2, 0.25) is 0 Å². The zero-order valence-electron chi connectivity index (χ0n) is 28.8. The number of aliphatic carboxylic acids is 2. The number of aliphatic hydroxyl groups is 6. The van der Waals surface area contributed by atoms with Gasteiger partial charge in [-0.05, 0) is 98.7 Å². The number of carboxylic acids is 2. The van der Waals surface area contributed by atoms with Crippen molar-refractivity contribution in [3.8, 4) is 0 Å². The van der Waals surface area contributed by atoms with Crippen LogP contribution >= 0.6 is 0 Å². The molecule has 4 saturated carbocycles. The fourth-order valence-electron chi connectivity index (χ4n) is 12.4. The van der Waals surface area contributed by atoms with Gasteiger partial charge in [0.05, 0.1) is 30.1 Å². The summed E-state index contributed by atoms with van der Waals surface area (Å²) in [5, 5.41) is 85.8. The summed E-state index contributed by atoms with van der Waals surface area (Å²) in [7, 11) is 0. The van der Waals surface area contributed by atoms with Crippen molar-refractivity contribution in [3.63, 3.8) is 0 Å². The Hall–Kier alpha value is -1.64. The van der Waals surface area contributed by atoms with Crippen LogP contribution < -0.4 is 0 Å². The first-order valence-corrected chi connectivity index (χ1v) is 17.7. The molecule has 12 heteroatoms. The smallest absolute Gasteiger partial charge is 0.312 e. The summed E-state index contributed by atoms with van der Waals surface area (Å²) in [5.41, 5.74) is -3.46. The molecular formula is C36H56O12. The Balaban J connectivity index is 1.38. The second kappa shape index (κ2) is 11.7. The van der Waals surface area contributed by atoms with Crippen LogP contribution in [0.5, 0.6) is 0 Å². The molecule has 8 N–H and O–H groups in total. The number of fused-ring (bicyclic) bond motifs is 7. The maximum atomic E-state index is 13.4. The third-order valence-electron chi connectivity index (χ3n) is 15.2. The highest BCUT2D eigenvalue weighted by atomic mass is 16.7. The normalized spacial score (nSPS) is 52.9. The van der Waals surface area contributed by atoms with Crippen LogP contribution in [0.1, 0.15) is 92.4 Å². The number of allylic oxidation sites excluding steroid dienone is 1. The van der Waals surface area contributed by atoms with Gasteiger partial charge >= 0.3 is 11.9 Å². The van der Waals surface area contributed by atoms with Gasteiger partial charge in [0.25, 0.3) is 0 Å². The molecule has 48 heavy (non-hydrogen) atoms. The molecular weight excluding hydrogens is 624 g/mol. The van der Waals surface area contributed by atoms with E-state index in [1.165, 1.54) is 0 Å². The molecule has 1 heterocycles. The Bertz CT molecular complexity index is 1330. The van der Waals surface area contributed by atoms with E-state index in [1.54, 1.807) is 6.92 Å². The summed E-state index contributed by atoms with van der Waals surface area (Å²) >= 11 is 0. The summed E-state index contributed by atoms with van der Waals surface area (Å²) < 4.78 is 11.7. The van der Waals surface area contributed by atoms with Gasteiger partial charge in [-0.1, -0.05) is 39.3 Å². The van der Waals surface area contributed by atoms with E-state index in [1.807, 2.05) is 6.92 Å². The molecule has 12 nitrogen and oxygen atoms in total. The van der Waals surface area contributed by atoms with E-state index in [0.29, 0.717) is 38.5 Å². The highest BCUT2D eigenvalue weighted by Gasteiger charge is 2.73. The van der Waals surface area contributed by atoms with Crippen molar-refractivity contribution in [1.29, 1.82) is 0 Å². The molecule has 0 unspecified atom stereocenters. The number of hydrogen-bond donors (Lipinski definition) is 8. The van der Waals surface area contributed by atoms with E-state index in [-0.39, 0.29) is 30.3 Å². The Labute approximate surface area is 282 Å². The van der Waals surface area contributed by atoms with Crippen LogP contribution in [0.15, 0.2) is 11.6 Å². The minimum atomic E-state index is -1.75. The highest BCUT2D eigenvalue weighted by molar-refractivity contribution is 5.77. The number of rotatable bonds is 6. The summed E-state index contributed by atoms with van der Waals surface area (Å²) in [6.45, 7) is 9.33. The average molecular weight is 681 g/mol. The summed E-state index contributed by atoms with van der Waals surface area (Å²) in [6.07, 6.45) is -3.56. The molecule has 0 aromatic carbocycles. The lowest BCUT2D eigenvalue weighted by molar-refractivity contribution is -0.340. The molecule has 272 valence electrons. The van der Waals surface area contributed by atoms with E-state index in [4.69, 9.17) is 9.47 Å². The molecule has 15 atom stereocenters. The molecule has 1 saturated heterocycles. The first-order chi connectivity index (χ1) is 22.3. The number of carbonyl (C=O) groups is 2. The maximum Gasteiger partial charge on any atom is 0.312 e. The number of carboxylic acid groups (broad SMARTS) is 2. The first kappa shape index (κ1) is 36.2. The molecule has 0 radical (unpaired) electrons. The lowest BCUT2D eigenvalue weighted by atomic mass is 9.33. The molecule has 1 aliphatic heterocycles. The molecule has 5 fully saturated rings. The van der Waals surface area contributed by atoms with Crippen molar-refractivity contribution in [3.05, 3.63) is 11.6 Å². The van der Waals surface area contributed by atoms with Gasteiger partial charge in [-0.2, -0.15) is 0 Å². The van der Waals surface area contributed by atoms with Crippen molar-refractivity contribution in [2.45, 2.75) is 135 Å². The van der Waals surface area contributed by atoms with Crippen molar-refractivity contribution in [1.82, 2.24) is 0 Å². The zero-order chi connectivity index (χ0) is 35.4. The van der Waals surface area contributed by atoms with Gasteiger partial charge in [-0.3, -0.25) is 9.59 Å². The van der Waals surface area contributed by atoms with Crippen LogP contribution in [0.4, 0.5) is 0 Å². The van der Waals surface area contributed by atoms with Crippen molar-refractivity contribution in [2.24, 2.45) is 50.2 Å². The van der Waals surface area contributed by atoms with Crippen molar-refractivity contribution >= 4 is 11.9 Å². The Morgan fingerprint density at radius 3 is 2.12 bits per heavy atom. The van der Waals surface area contributed by atoms with Gasteiger partial charge in [0.1, 0.15) is 30.5 Å². The van der Waals surface area contributed by atoms with E-state index < -0.39 is 94.5 Å². The van der Waals surface area contributed by atoms with Crippen LogP contribution in [-0.2, 0) is 19.1 Å². The maximum absolute atomic E-state index is 13.4. The fraction of sp³-hybridized carbons (Fsp3) is 0.889. The van der Waals surface area contributed by atoms with Gasteiger partial charge in [0, 0.05) is 5.41 Å². The van der Waals surface area contributed by atoms with Crippen LogP contribution in [-0.4, -0.2) is 109 Å². The van der Waals surface area contributed by atoms with E-state index in [9.17, 15) is 50.4 Å². The Morgan fingerprint density at radius 1 is 0.854 bits per heavy atom. The molecule has 0 aromatic rings. The van der Waals surface area contributed by atoms with Gasteiger partial charge in [0.15, 0.2) is 6.29 Å². The molecule has 6 aliphatic rings. The number of aliphatic hydroxyl groups excluding tert-OH is 6. The van der Waals surface area contributed by atoms with Gasteiger partial charge in [-0.15, -0.1) is 0 Å². The zero-order valence-corrected chi connectivity index (χ0v) is 28.8. The standard InChI is InChI=1S/C36H56O12/c1-31(2)10-11-35(30(45)46)12-13-36(17-38)18(19(35)14-31)6-7-22-32(3)15-20(39)27(34(5,29(43)44)23(32)8-9-33(22,36)4)48-28-26(42)25(41)24(40)21(16-37)47-28/h6,19-28,37-42H,7-17H2,1-5H3,(H,43,44)(H,45,46)/t19-,20-,21+,22+,23+,24+,25+,26+,27-,28+,32-,33-,34-,35-,36+/m0/s1. The second-order valence-corrected chi connectivity index (χ2v) is 17.7. The van der Waals surface area contributed by atoms with Crippen molar-refractivity contribution < 1.29 is 59.9 Å². The van der Waals surface area contributed by atoms with Crippen molar-refractivity contribution in [2.75, 3.05) is 13.2 Å². The predicted octanol–water partition coefficient (Wildman–Crippen LogP) is 2.07. The topological polar surface area (TPSA) is 214 Å². The Kier molecular flexibility index (Phi) is 8.81. The fourth-order valence-corrected chi connectivity index (χ4v) is 12.4. The van der Waals surface area contributed by atoms with Crippen LogP contribution in [0.25, 0.3) is 0 Å². The van der Waals surface area contributed by atoms with E-state index in [0.717, 1.165) is 18.4 Å². The number of hydrogen-bond acceptors (Lipinski definition) is 10. The third kappa shape index (κ3) is 4.69. The molecule has 0 bridgehead atoms. The summed E-state index contributed by atoms with van der Waals surface area (Å²) in [4.78, 5) is 26.3. The predicted molar refractivity (Wildman–Crippen MR) is 170 cm³/mol. The summed E-state index contributed by atoms with van der Waals surface area (Å²) in [5.74, 6) is -2.81. The van der Waals surface area contributed by atoms with E-state index >= 15 is 0 Å². The van der Waals surface area contributed by atoms with E-state index in [2.05, 4.69) is 26.8 Å². The quantitative estimate of drug-likeness (QED) is 0.150. The number of ether oxygens (including phenoxy) is 2. The monoisotopic (exact) mass is 680 g/mol. The highest BCUT2D eigenvalue weighted by Crippen LogP contribution is 2.76. The Morgan fingerprint density at radius 2 is 1.52 bits per heavy atom. The third-order valence-corrected chi connectivity index (χ3v) is 15.2. The minimum absolute atomic E-state index is 0.0445. The largest absolute Gasteiger partial charge is 0.481 e. The van der Waals surface area contributed by atoms with Crippen LogP contribution in [0.3, 0.4) is 0 Å². The molecule has 5 aliphatic carbocycles. The molecule has 0 aromatic heterocycles. The van der Waals surface area contributed by atoms with Gasteiger partial charge < -0.3 is 50.3 Å². The van der Waals surface area contributed by atoms with Crippen LogP contribution in [0.2, 0.25) is 0 Å². The average Bonchev–Trinajstić information content (AvgIpc) is 3.01. The molecule has 0 spiro atoms. The summed E-state index contributed by atoms with van der Waals surface area (Å²) in [6, 6.07) is 0. The lowest BCUT2D eigenvalue weighted by Gasteiger charge is -2.71. The lowest BCUT2D eigenvalue weighted by Crippen LogP contribution is -2.71.